The van der Waals surface area contributed by atoms with Gasteiger partial charge in [0.25, 0.3) is 0 Å². The van der Waals surface area contributed by atoms with Crippen LogP contribution in [0.3, 0.4) is 0 Å². The molecule has 5 heteroatoms. The average molecular weight is 293 g/mol. The summed E-state index contributed by atoms with van der Waals surface area (Å²) in [5.41, 5.74) is 2.02. The summed E-state index contributed by atoms with van der Waals surface area (Å²) in [4.78, 5) is 11.0. The topological polar surface area (TPSA) is 41.1 Å². The van der Waals surface area contributed by atoms with Crippen LogP contribution < -0.4 is 10.6 Å². The van der Waals surface area contributed by atoms with Crippen molar-refractivity contribution in [3.63, 3.8) is 0 Å². The van der Waals surface area contributed by atoms with Crippen molar-refractivity contribution in [2.45, 2.75) is 13.5 Å². The van der Waals surface area contributed by atoms with E-state index < -0.39 is 0 Å². The zero-order valence-electron chi connectivity index (χ0n) is 10.9. The van der Waals surface area contributed by atoms with E-state index in [-0.39, 0.29) is 11.7 Å². The minimum absolute atomic E-state index is 0.133. The molecule has 2 aromatic rings. The summed E-state index contributed by atoms with van der Waals surface area (Å²) >= 11 is 5.70. The van der Waals surface area contributed by atoms with Crippen molar-refractivity contribution in [3.05, 3.63) is 58.9 Å². The van der Waals surface area contributed by atoms with Crippen LogP contribution in [0.4, 0.5) is 15.8 Å². The molecule has 20 heavy (non-hydrogen) atoms. The summed E-state index contributed by atoms with van der Waals surface area (Å²) in [6.45, 7) is 1.79. The summed E-state index contributed by atoms with van der Waals surface area (Å²) in [5.74, 6) is -0.478. The minimum atomic E-state index is -0.344. The van der Waals surface area contributed by atoms with Gasteiger partial charge in [-0.25, -0.2) is 4.39 Å². The third kappa shape index (κ3) is 3.96. The molecule has 0 aromatic heterocycles. The van der Waals surface area contributed by atoms with E-state index in [2.05, 4.69) is 10.6 Å². The largest absolute Gasteiger partial charge is 0.381 e. The molecule has 0 heterocycles. The second-order valence-corrected chi connectivity index (χ2v) is 4.79. The summed E-state index contributed by atoms with van der Waals surface area (Å²) < 4.78 is 13.6. The zero-order chi connectivity index (χ0) is 14.5. The lowest BCUT2D eigenvalue weighted by atomic mass is 10.2. The number of benzene rings is 2. The molecule has 0 spiro atoms. The molecule has 0 aliphatic rings. The monoisotopic (exact) mass is 292 g/mol. The first-order chi connectivity index (χ1) is 9.54. The van der Waals surface area contributed by atoms with Gasteiger partial charge in [0.15, 0.2) is 0 Å². The Kier molecular flexibility index (Phi) is 4.58. The maximum absolute atomic E-state index is 13.6. The Labute approximate surface area is 121 Å². The van der Waals surface area contributed by atoms with Crippen molar-refractivity contribution < 1.29 is 9.18 Å². The molecule has 0 radical (unpaired) electrons. The maximum atomic E-state index is 13.6. The molecule has 104 valence electrons. The number of hydrogen-bond donors (Lipinski definition) is 2. The standard InChI is InChI=1S/C15H14ClFN2O/c1-10(20)19-14-4-2-3-13(8-14)18-9-11-5-6-12(16)7-15(11)17/h2-8,18H,9H2,1H3,(H,19,20). The van der Waals surface area contributed by atoms with E-state index in [0.29, 0.717) is 22.8 Å². The van der Waals surface area contributed by atoms with Crippen LogP contribution in [0.15, 0.2) is 42.5 Å². The number of amides is 1. The van der Waals surface area contributed by atoms with E-state index in [4.69, 9.17) is 11.6 Å². The number of rotatable bonds is 4. The van der Waals surface area contributed by atoms with Gasteiger partial charge < -0.3 is 10.6 Å². The van der Waals surface area contributed by atoms with Crippen LogP contribution in [0.1, 0.15) is 12.5 Å². The Morgan fingerprint density at radius 2 is 1.95 bits per heavy atom. The lowest BCUT2D eigenvalue weighted by Crippen LogP contribution is -2.06. The second-order valence-electron chi connectivity index (χ2n) is 4.35. The van der Waals surface area contributed by atoms with Gasteiger partial charge in [-0.3, -0.25) is 4.79 Å². The van der Waals surface area contributed by atoms with Gasteiger partial charge in [-0.2, -0.15) is 0 Å². The van der Waals surface area contributed by atoms with Crippen LogP contribution in [0.2, 0.25) is 5.02 Å². The second kappa shape index (κ2) is 6.39. The highest BCUT2D eigenvalue weighted by molar-refractivity contribution is 6.30. The van der Waals surface area contributed by atoms with Crippen LogP contribution in [0.5, 0.6) is 0 Å². The van der Waals surface area contributed by atoms with Gasteiger partial charge in [0, 0.05) is 35.4 Å². The van der Waals surface area contributed by atoms with E-state index in [0.717, 1.165) is 5.69 Å². The van der Waals surface area contributed by atoms with Gasteiger partial charge in [0.2, 0.25) is 5.91 Å². The Bertz CT molecular complexity index is 631. The first-order valence-electron chi connectivity index (χ1n) is 6.10. The Balaban J connectivity index is 2.05. The average Bonchev–Trinajstić information content (AvgIpc) is 2.37. The van der Waals surface area contributed by atoms with Crippen LogP contribution in [-0.2, 0) is 11.3 Å². The zero-order valence-corrected chi connectivity index (χ0v) is 11.7. The lowest BCUT2D eigenvalue weighted by Gasteiger charge is -2.09. The minimum Gasteiger partial charge on any atom is -0.381 e. The Morgan fingerprint density at radius 1 is 1.20 bits per heavy atom. The van der Waals surface area contributed by atoms with E-state index in [9.17, 15) is 9.18 Å². The van der Waals surface area contributed by atoms with Crippen molar-refractivity contribution in [2.75, 3.05) is 10.6 Å². The van der Waals surface area contributed by atoms with Crippen LogP contribution >= 0.6 is 11.6 Å². The maximum Gasteiger partial charge on any atom is 0.221 e. The molecule has 0 saturated heterocycles. The highest BCUT2D eigenvalue weighted by Crippen LogP contribution is 2.18. The highest BCUT2D eigenvalue weighted by atomic mass is 35.5. The first kappa shape index (κ1) is 14.3. The normalized spacial score (nSPS) is 10.2. The van der Waals surface area contributed by atoms with Crippen molar-refractivity contribution in [1.29, 1.82) is 0 Å². The van der Waals surface area contributed by atoms with E-state index in [1.807, 2.05) is 12.1 Å². The van der Waals surface area contributed by atoms with Crippen LogP contribution in [-0.4, -0.2) is 5.91 Å². The summed E-state index contributed by atoms with van der Waals surface area (Å²) in [7, 11) is 0. The molecule has 0 fully saturated rings. The molecule has 2 aromatic carbocycles. The number of carbonyl (C=O) groups excluding carboxylic acids is 1. The molecule has 1 amide bonds. The SMILES string of the molecule is CC(=O)Nc1cccc(NCc2ccc(Cl)cc2F)c1. The fourth-order valence-corrected chi connectivity index (χ4v) is 1.93. The number of carbonyl (C=O) groups is 1. The van der Waals surface area contributed by atoms with Crippen molar-refractivity contribution in [2.24, 2.45) is 0 Å². The van der Waals surface area contributed by atoms with Gasteiger partial charge in [-0.05, 0) is 30.3 Å². The van der Waals surface area contributed by atoms with Gasteiger partial charge in [0.1, 0.15) is 5.82 Å². The molecule has 2 N–H and O–H groups in total. The molecule has 0 unspecified atom stereocenters. The smallest absolute Gasteiger partial charge is 0.221 e. The molecule has 2 rings (SSSR count). The predicted molar refractivity (Wildman–Crippen MR) is 79.5 cm³/mol. The van der Waals surface area contributed by atoms with Crippen molar-refractivity contribution in [1.82, 2.24) is 0 Å². The Hall–Kier alpha value is -2.07. The molecule has 0 atom stereocenters. The molecule has 0 saturated carbocycles. The summed E-state index contributed by atoms with van der Waals surface area (Å²) in [5, 5.41) is 6.17. The van der Waals surface area contributed by atoms with E-state index in [1.54, 1.807) is 24.3 Å². The molecular weight excluding hydrogens is 279 g/mol. The fourth-order valence-electron chi connectivity index (χ4n) is 1.77. The van der Waals surface area contributed by atoms with E-state index >= 15 is 0 Å². The Morgan fingerprint density at radius 3 is 2.65 bits per heavy atom. The third-order valence-corrected chi connectivity index (χ3v) is 2.92. The first-order valence-corrected chi connectivity index (χ1v) is 6.48. The van der Waals surface area contributed by atoms with Gasteiger partial charge >= 0.3 is 0 Å². The summed E-state index contributed by atoms with van der Waals surface area (Å²) in [6.07, 6.45) is 0. The molecular formula is C15H14ClFN2O. The molecule has 0 aliphatic heterocycles. The third-order valence-electron chi connectivity index (χ3n) is 2.68. The quantitative estimate of drug-likeness (QED) is 0.892. The van der Waals surface area contributed by atoms with Crippen LogP contribution in [0, 0.1) is 5.82 Å². The fraction of sp³-hybridized carbons (Fsp3) is 0.133. The molecule has 0 bridgehead atoms. The van der Waals surface area contributed by atoms with Gasteiger partial charge in [-0.1, -0.05) is 23.7 Å². The predicted octanol–water partition coefficient (Wildman–Crippen LogP) is 4.05. The summed E-state index contributed by atoms with van der Waals surface area (Å²) in [6, 6.07) is 11.8. The highest BCUT2D eigenvalue weighted by Gasteiger charge is 2.03. The molecule has 3 nitrogen and oxygen atoms in total. The molecule has 0 aliphatic carbocycles. The van der Waals surface area contributed by atoms with Gasteiger partial charge in [-0.15, -0.1) is 0 Å². The number of hydrogen-bond acceptors (Lipinski definition) is 2. The van der Waals surface area contributed by atoms with E-state index in [1.165, 1.54) is 13.0 Å². The van der Waals surface area contributed by atoms with Crippen molar-refractivity contribution in [3.8, 4) is 0 Å². The van der Waals surface area contributed by atoms with Gasteiger partial charge in [0.05, 0.1) is 0 Å². The number of nitrogens with one attached hydrogen (secondary N) is 2. The number of anilines is 2. The van der Waals surface area contributed by atoms with Crippen LogP contribution in [0.25, 0.3) is 0 Å². The lowest BCUT2D eigenvalue weighted by molar-refractivity contribution is -0.114. The van der Waals surface area contributed by atoms with Crippen molar-refractivity contribution >= 4 is 28.9 Å². The number of halogens is 2.